The van der Waals surface area contributed by atoms with E-state index in [4.69, 9.17) is 14.2 Å². The molecule has 8 heteroatoms. The molecule has 40 heavy (non-hydrogen) atoms. The zero-order valence-electron chi connectivity index (χ0n) is 24.2. The average Bonchev–Trinajstić information content (AvgIpc) is 3.48. The number of aliphatic hydroxyl groups is 1. The standard InChI is InChI=1S/C32H40N4O4/c1-21(2)22-6-8-24(9-7-22)32(38,29(3)19-36(4)20-29)25-16-23(17-33-18-25)26-34-27(40-35-26)30-10-13-31(14-11-30,15-12-30)28(37)39-5/h6-9,16-18,21,38H,10-15,19-20H2,1-5H3. The second-order valence-electron chi connectivity index (χ2n) is 13.2. The Morgan fingerprint density at radius 3 is 2.27 bits per heavy atom. The van der Waals surface area contributed by atoms with Crippen LogP contribution >= 0.6 is 0 Å². The maximum atomic E-state index is 12.6. The van der Waals surface area contributed by atoms with E-state index in [9.17, 15) is 9.90 Å². The molecular formula is C32H40N4O4. The highest BCUT2D eigenvalue weighted by Gasteiger charge is 2.57. The minimum atomic E-state index is -1.24. The number of carbonyl (C=O) groups is 1. The molecule has 4 fully saturated rings. The number of benzene rings is 1. The Kier molecular flexibility index (Phi) is 6.42. The molecule has 0 radical (unpaired) electrons. The lowest BCUT2D eigenvalue weighted by Crippen LogP contribution is -2.63. The summed E-state index contributed by atoms with van der Waals surface area (Å²) in [5.74, 6) is 1.43. The van der Waals surface area contributed by atoms with Crippen LogP contribution in [0.3, 0.4) is 0 Å². The van der Waals surface area contributed by atoms with Gasteiger partial charge < -0.3 is 19.3 Å². The Labute approximate surface area is 236 Å². The number of hydrogen-bond donors (Lipinski definition) is 1. The minimum Gasteiger partial charge on any atom is -0.469 e. The second-order valence-corrected chi connectivity index (χ2v) is 13.2. The molecule has 0 amide bonds. The molecule has 3 aromatic rings. The summed E-state index contributed by atoms with van der Waals surface area (Å²) in [6.07, 6.45) is 8.34. The SMILES string of the molecule is COC(=O)C12CCC(c3nc(-c4cncc(C(O)(c5ccc(C(C)C)cc5)C5(C)CN(C)C5)c4)no3)(CC1)CC2. The fourth-order valence-corrected chi connectivity index (χ4v) is 7.69. The predicted octanol–water partition coefficient (Wildman–Crippen LogP) is 5.21. The molecule has 3 saturated carbocycles. The predicted molar refractivity (Wildman–Crippen MR) is 150 cm³/mol. The molecule has 1 aromatic carbocycles. The van der Waals surface area contributed by atoms with Gasteiger partial charge in [-0.3, -0.25) is 9.78 Å². The summed E-state index contributed by atoms with van der Waals surface area (Å²) < 4.78 is 11.0. The van der Waals surface area contributed by atoms with Gasteiger partial charge in [-0.2, -0.15) is 4.98 Å². The number of likely N-dealkylation sites (tertiary alicyclic amines) is 1. The van der Waals surface area contributed by atoms with Gasteiger partial charge in [0.15, 0.2) is 0 Å². The van der Waals surface area contributed by atoms with E-state index < -0.39 is 5.60 Å². The van der Waals surface area contributed by atoms with E-state index >= 15 is 0 Å². The Morgan fingerprint density at radius 1 is 1.05 bits per heavy atom. The van der Waals surface area contributed by atoms with Crippen LogP contribution in [0.4, 0.5) is 0 Å². The van der Waals surface area contributed by atoms with Crippen LogP contribution in [0, 0.1) is 10.8 Å². The van der Waals surface area contributed by atoms with Crippen LogP contribution in [0.1, 0.15) is 87.8 Å². The first-order chi connectivity index (χ1) is 19.0. The van der Waals surface area contributed by atoms with Gasteiger partial charge in [-0.1, -0.05) is 50.2 Å². The first-order valence-corrected chi connectivity index (χ1v) is 14.4. The van der Waals surface area contributed by atoms with Crippen molar-refractivity contribution in [1.29, 1.82) is 0 Å². The number of esters is 1. The van der Waals surface area contributed by atoms with E-state index in [1.807, 2.05) is 6.07 Å². The zero-order chi connectivity index (χ0) is 28.3. The Balaban J connectivity index is 1.33. The molecule has 2 bridgehead atoms. The topological polar surface area (TPSA) is 102 Å². The number of aromatic nitrogens is 3. The van der Waals surface area contributed by atoms with Crippen LogP contribution in [0.25, 0.3) is 11.4 Å². The van der Waals surface area contributed by atoms with Crippen LogP contribution in [0.2, 0.25) is 0 Å². The van der Waals surface area contributed by atoms with Crippen molar-refractivity contribution in [2.45, 2.75) is 76.2 Å². The highest BCUT2D eigenvalue weighted by atomic mass is 16.5. The van der Waals surface area contributed by atoms with Gasteiger partial charge in [0.25, 0.3) is 0 Å². The van der Waals surface area contributed by atoms with Gasteiger partial charge in [0, 0.05) is 47.4 Å². The van der Waals surface area contributed by atoms with Gasteiger partial charge >= 0.3 is 5.97 Å². The van der Waals surface area contributed by atoms with Gasteiger partial charge in [-0.25, -0.2) is 0 Å². The van der Waals surface area contributed by atoms with Crippen molar-refractivity contribution < 1.29 is 19.2 Å². The molecular weight excluding hydrogens is 504 g/mol. The van der Waals surface area contributed by atoms with Crippen LogP contribution < -0.4 is 0 Å². The second kappa shape index (κ2) is 9.48. The third kappa shape index (κ3) is 4.02. The lowest BCUT2D eigenvalue weighted by atomic mass is 9.53. The number of rotatable bonds is 7. The molecule has 1 unspecified atom stereocenters. The Hall–Kier alpha value is -3.10. The molecule has 0 spiro atoms. The third-order valence-electron chi connectivity index (χ3n) is 10.3. The van der Waals surface area contributed by atoms with E-state index in [2.05, 4.69) is 67.1 Å². The molecule has 212 valence electrons. The number of pyridine rings is 1. The quantitative estimate of drug-likeness (QED) is 0.405. The molecule has 3 heterocycles. The fourth-order valence-electron chi connectivity index (χ4n) is 7.69. The molecule has 8 nitrogen and oxygen atoms in total. The lowest BCUT2D eigenvalue weighted by Gasteiger charge is -2.55. The third-order valence-corrected chi connectivity index (χ3v) is 10.3. The monoisotopic (exact) mass is 544 g/mol. The van der Waals surface area contributed by atoms with Crippen molar-refractivity contribution in [3.8, 4) is 11.4 Å². The first kappa shape index (κ1) is 27.1. The van der Waals surface area contributed by atoms with Crippen LogP contribution in [-0.2, 0) is 20.5 Å². The fraction of sp³-hybridized carbons (Fsp3) is 0.562. The number of fused-ring (bicyclic) bond motifs is 3. The molecule has 1 atom stereocenters. The van der Waals surface area contributed by atoms with E-state index in [1.165, 1.54) is 12.7 Å². The summed E-state index contributed by atoms with van der Waals surface area (Å²) >= 11 is 0. The molecule has 1 N–H and O–H groups in total. The summed E-state index contributed by atoms with van der Waals surface area (Å²) in [7, 11) is 3.55. The molecule has 2 aromatic heterocycles. The molecule has 3 aliphatic carbocycles. The van der Waals surface area contributed by atoms with Gasteiger partial charge in [0.05, 0.1) is 12.5 Å². The van der Waals surface area contributed by atoms with E-state index in [0.29, 0.717) is 23.2 Å². The van der Waals surface area contributed by atoms with Crippen LogP contribution in [0.15, 0.2) is 47.2 Å². The van der Waals surface area contributed by atoms with Crippen molar-refractivity contribution >= 4 is 5.97 Å². The van der Waals surface area contributed by atoms with Gasteiger partial charge in [-0.05, 0) is 68.7 Å². The normalized spacial score (nSPS) is 27.3. The summed E-state index contributed by atoms with van der Waals surface area (Å²) in [6, 6.07) is 10.3. The Bertz CT molecular complexity index is 1380. The molecule has 1 aliphatic heterocycles. The molecule has 4 aliphatic rings. The van der Waals surface area contributed by atoms with E-state index in [1.54, 1.807) is 12.4 Å². The summed E-state index contributed by atoms with van der Waals surface area (Å²) in [6.45, 7) is 8.02. The largest absolute Gasteiger partial charge is 0.469 e. The summed E-state index contributed by atoms with van der Waals surface area (Å²) in [4.78, 5) is 24.1. The number of nitrogens with zero attached hydrogens (tertiary/aromatic N) is 4. The molecule has 1 saturated heterocycles. The van der Waals surface area contributed by atoms with Crippen molar-refractivity contribution in [2.75, 3.05) is 27.2 Å². The zero-order valence-corrected chi connectivity index (χ0v) is 24.2. The highest BCUT2D eigenvalue weighted by Crippen LogP contribution is 2.58. The van der Waals surface area contributed by atoms with Crippen molar-refractivity contribution in [2.24, 2.45) is 10.8 Å². The molecule has 7 rings (SSSR count). The average molecular weight is 545 g/mol. The maximum Gasteiger partial charge on any atom is 0.311 e. The smallest absolute Gasteiger partial charge is 0.311 e. The van der Waals surface area contributed by atoms with Gasteiger partial charge in [-0.15, -0.1) is 0 Å². The van der Waals surface area contributed by atoms with Crippen molar-refractivity contribution in [1.82, 2.24) is 20.0 Å². The number of ether oxygens (including phenoxy) is 1. The number of hydrogen-bond acceptors (Lipinski definition) is 8. The van der Waals surface area contributed by atoms with E-state index in [0.717, 1.165) is 62.7 Å². The summed E-state index contributed by atoms with van der Waals surface area (Å²) in [5, 5.41) is 16.9. The van der Waals surface area contributed by atoms with Crippen molar-refractivity contribution in [3.63, 3.8) is 0 Å². The lowest BCUT2D eigenvalue weighted by molar-refractivity contribution is -0.160. The van der Waals surface area contributed by atoms with Crippen molar-refractivity contribution in [3.05, 3.63) is 65.3 Å². The minimum absolute atomic E-state index is 0.0902. The van der Waals surface area contributed by atoms with Gasteiger partial charge in [0.2, 0.25) is 11.7 Å². The van der Waals surface area contributed by atoms with E-state index in [-0.39, 0.29) is 22.2 Å². The van der Waals surface area contributed by atoms with Crippen LogP contribution in [0.5, 0.6) is 0 Å². The maximum absolute atomic E-state index is 12.6. The Morgan fingerprint density at radius 2 is 1.70 bits per heavy atom. The van der Waals surface area contributed by atoms with Gasteiger partial charge in [0.1, 0.15) is 5.60 Å². The first-order valence-electron chi connectivity index (χ1n) is 14.4. The van der Waals surface area contributed by atoms with Crippen LogP contribution in [-0.4, -0.2) is 58.3 Å². The summed E-state index contributed by atoms with van der Waals surface area (Å²) in [5.41, 5.74) is 1.34. The highest BCUT2D eigenvalue weighted by molar-refractivity contribution is 5.77. The number of carbonyl (C=O) groups excluding carboxylic acids is 1. The number of methoxy groups -OCH3 is 1.